The van der Waals surface area contributed by atoms with Gasteiger partial charge in [-0.1, -0.05) is 20.8 Å². The maximum absolute atomic E-state index is 12.4. The molecule has 1 aromatic carbocycles. The van der Waals surface area contributed by atoms with Crippen molar-refractivity contribution in [3.63, 3.8) is 0 Å². The number of aromatic nitrogens is 2. The molecule has 2 N–H and O–H groups in total. The SMILES string of the molecule is COc1cnccc1[C@@H](C)NC(=O)Nc1ccc2oc(C(C)(C)C)nc2c1. The van der Waals surface area contributed by atoms with Crippen LogP contribution in [0.4, 0.5) is 10.5 Å². The quantitative estimate of drug-likeness (QED) is 0.712. The molecule has 2 heterocycles. The molecule has 3 rings (SSSR count). The van der Waals surface area contributed by atoms with Gasteiger partial charge in [0.25, 0.3) is 0 Å². The van der Waals surface area contributed by atoms with Crippen LogP contribution in [0.5, 0.6) is 5.75 Å². The highest BCUT2D eigenvalue weighted by Crippen LogP contribution is 2.27. The van der Waals surface area contributed by atoms with Crippen LogP contribution in [0.3, 0.4) is 0 Å². The molecule has 2 amide bonds. The molecule has 0 aliphatic heterocycles. The highest BCUT2D eigenvalue weighted by atomic mass is 16.5. The molecule has 2 aromatic heterocycles. The molecule has 7 heteroatoms. The standard InChI is InChI=1S/C20H24N4O3/c1-12(14-8-9-21-11-17(14)26-5)22-19(25)23-13-6-7-16-15(10-13)24-18(27-16)20(2,3)4/h6-12H,1-5H3,(H2,22,23,25)/t12-/m1/s1. The number of hydrogen-bond donors (Lipinski definition) is 2. The lowest BCUT2D eigenvalue weighted by atomic mass is 9.97. The summed E-state index contributed by atoms with van der Waals surface area (Å²) >= 11 is 0. The number of hydrogen-bond acceptors (Lipinski definition) is 5. The Morgan fingerprint density at radius 3 is 2.74 bits per heavy atom. The summed E-state index contributed by atoms with van der Waals surface area (Å²) in [6.07, 6.45) is 3.29. The summed E-state index contributed by atoms with van der Waals surface area (Å²) in [5.74, 6) is 1.29. The molecule has 27 heavy (non-hydrogen) atoms. The molecular weight excluding hydrogens is 344 g/mol. The molecule has 7 nitrogen and oxygen atoms in total. The Labute approximate surface area is 158 Å². The molecule has 0 radical (unpaired) electrons. The number of pyridine rings is 1. The average molecular weight is 368 g/mol. The Hall–Kier alpha value is -3.09. The van der Waals surface area contributed by atoms with Gasteiger partial charge in [0.1, 0.15) is 11.3 Å². The number of ether oxygens (including phenoxy) is 1. The number of amides is 2. The summed E-state index contributed by atoms with van der Waals surface area (Å²) in [5.41, 5.74) is 2.72. The number of fused-ring (bicyclic) bond motifs is 1. The fourth-order valence-electron chi connectivity index (χ4n) is 2.69. The van der Waals surface area contributed by atoms with Gasteiger partial charge in [-0.3, -0.25) is 4.98 Å². The molecule has 0 spiro atoms. The van der Waals surface area contributed by atoms with E-state index in [0.717, 1.165) is 5.56 Å². The van der Waals surface area contributed by atoms with Crippen molar-refractivity contribution in [2.24, 2.45) is 0 Å². The van der Waals surface area contributed by atoms with Crippen molar-refractivity contribution < 1.29 is 13.9 Å². The van der Waals surface area contributed by atoms with Gasteiger partial charge in [-0.05, 0) is 31.2 Å². The van der Waals surface area contributed by atoms with Crippen LogP contribution in [0, 0.1) is 0 Å². The van der Waals surface area contributed by atoms with Gasteiger partial charge in [-0.25, -0.2) is 9.78 Å². The molecule has 0 saturated carbocycles. The van der Waals surface area contributed by atoms with Crippen molar-refractivity contribution in [3.8, 4) is 5.75 Å². The van der Waals surface area contributed by atoms with E-state index >= 15 is 0 Å². The first-order chi connectivity index (χ1) is 12.8. The normalized spacial score (nSPS) is 12.6. The fourth-order valence-corrected chi connectivity index (χ4v) is 2.69. The van der Waals surface area contributed by atoms with Crippen LogP contribution in [0.25, 0.3) is 11.1 Å². The number of oxazole rings is 1. The van der Waals surface area contributed by atoms with E-state index in [1.54, 1.807) is 31.6 Å². The van der Waals surface area contributed by atoms with Gasteiger partial charge >= 0.3 is 6.03 Å². The first-order valence-electron chi connectivity index (χ1n) is 8.74. The van der Waals surface area contributed by atoms with Gasteiger partial charge in [-0.2, -0.15) is 0 Å². The number of urea groups is 1. The summed E-state index contributed by atoms with van der Waals surface area (Å²) < 4.78 is 11.1. The minimum absolute atomic E-state index is 0.178. The van der Waals surface area contributed by atoms with Crippen LogP contribution in [-0.4, -0.2) is 23.1 Å². The molecule has 0 bridgehead atoms. The zero-order chi connectivity index (χ0) is 19.6. The number of carbonyl (C=O) groups is 1. The lowest BCUT2D eigenvalue weighted by Gasteiger charge is -2.17. The van der Waals surface area contributed by atoms with E-state index < -0.39 is 0 Å². The molecule has 0 aliphatic carbocycles. The average Bonchev–Trinajstić information content (AvgIpc) is 3.05. The summed E-state index contributed by atoms with van der Waals surface area (Å²) in [5, 5.41) is 5.73. The Morgan fingerprint density at radius 2 is 2.04 bits per heavy atom. The molecule has 0 saturated heterocycles. The smallest absolute Gasteiger partial charge is 0.319 e. The van der Waals surface area contributed by atoms with Gasteiger partial charge < -0.3 is 19.8 Å². The Bertz CT molecular complexity index is 959. The summed E-state index contributed by atoms with van der Waals surface area (Å²) in [6.45, 7) is 8.01. The van der Waals surface area contributed by atoms with Gasteiger partial charge in [0.05, 0.1) is 19.3 Å². The largest absolute Gasteiger partial charge is 0.495 e. The number of anilines is 1. The monoisotopic (exact) mass is 368 g/mol. The van der Waals surface area contributed by atoms with Crippen molar-refractivity contribution >= 4 is 22.8 Å². The Balaban J connectivity index is 1.72. The third-order valence-electron chi connectivity index (χ3n) is 4.14. The zero-order valence-electron chi connectivity index (χ0n) is 16.2. The van der Waals surface area contributed by atoms with Gasteiger partial charge in [0, 0.05) is 22.9 Å². The van der Waals surface area contributed by atoms with E-state index in [0.29, 0.717) is 28.4 Å². The number of methoxy groups -OCH3 is 1. The van der Waals surface area contributed by atoms with Crippen molar-refractivity contribution in [1.29, 1.82) is 0 Å². The van der Waals surface area contributed by atoms with Crippen LogP contribution < -0.4 is 15.4 Å². The van der Waals surface area contributed by atoms with Crippen LogP contribution in [0.15, 0.2) is 41.1 Å². The maximum atomic E-state index is 12.4. The highest BCUT2D eigenvalue weighted by Gasteiger charge is 2.21. The fraction of sp³-hybridized carbons (Fsp3) is 0.350. The van der Waals surface area contributed by atoms with Crippen LogP contribution >= 0.6 is 0 Å². The van der Waals surface area contributed by atoms with E-state index in [9.17, 15) is 4.79 Å². The summed E-state index contributed by atoms with van der Waals surface area (Å²) in [6, 6.07) is 6.65. The van der Waals surface area contributed by atoms with Crippen molar-refractivity contribution in [2.75, 3.05) is 12.4 Å². The van der Waals surface area contributed by atoms with E-state index in [4.69, 9.17) is 9.15 Å². The molecule has 1 atom stereocenters. The van der Waals surface area contributed by atoms with E-state index in [1.807, 2.05) is 39.8 Å². The second-order valence-electron chi connectivity index (χ2n) is 7.39. The van der Waals surface area contributed by atoms with Gasteiger partial charge in [0.15, 0.2) is 5.58 Å². The van der Waals surface area contributed by atoms with Crippen molar-refractivity contribution in [3.05, 3.63) is 48.1 Å². The summed E-state index contributed by atoms with van der Waals surface area (Å²) in [4.78, 5) is 20.9. The summed E-state index contributed by atoms with van der Waals surface area (Å²) in [7, 11) is 1.58. The topological polar surface area (TPSA) is 89.3 Å². The number of nitrogens with one attached hydrogen (secondary N) is 2. The van der Waals surface area contributed by atoms with Crippen molar-refractivity contribution in [2.45, 2.75) is 39.2 Å². The molecule has 142 valence electrons. The minimum atomic E-state index is -0.319. The minimum Gasteiger partial charge on any atom is -0.495 e. The van der Waals surface area contributed by atoms with Crippen LogP contribution in [0.2, 0.25) is 0 Å². The van der Waals surface area contributed by atoms with E-state index in [2.05, 4.69) is 20.6 Å². The number of nitrogens with zero attached hydrogens (tertiary/aromatic N) is 2. The third-order valence-corrected chi connectivity index (χ3v) is 4.14. The predicted molar refractivity (Wildman–Crippen MR) is 104 cm³/mol. The van der Waals surface area contributed by atoms with E-state index in [-0.39, 0.29) is 17.5 Å². The molecule has 0 unspecified atom stereocenters. The van der Waals surface area contributed by atoms with E-state index in [1.165, 1.54) is 0 Å². The third kappa shape index (κ3) is 4.19. The predicted octanol–water partition coefficient (Wildman–Crippen LogP) is 4.41. The Kier molecular flexibility index (Phi) is 5.03. The lowest BCUT2D eigenvalue weighted by Crippen LogP contribution is -2.31. The molecule has 0 fully saturated rings. The Morgan fingerprint density at radius 1 is 1.26 bits per heavy atom. The number of carbonyl (C=O) groups excluding carboxylic acids is 1. The molecule has 0 aliphatic rings. The van der Waals surface area contributed by atoms with Gasteiger partial charge in [0.2, 0.25) is 5.89 Å². The second kappa shape index (κ2) is 7.26. The zero-order valence-corrected chi connectivity index (χ0v) is 16.2. The van der Waals surface area contributed by atoms with Crippen LogP contribution in [-0.2, 0) is 5.41 Å². The lowest BCUT2D eigenvalue weighted by molar-refractivity contribution is 0.249. The molecule has 3 aromatic rings. The maximum Gasteiger partial charge on any atom is 0.319 e. The highest BCUT2D eigenvalue weighted by molar-refractivity contribution is 5.91. The van der Waals surface area contributed by atoms with Gasteiger partial charge in [-0.15, -0.1) is 0 Å². The number of benzene rings is 1. The number of rotatable bonds is 4. The first-order valence-corrected chi connectivity index (χ1v) is 8.74. The van der Waals surface area contributed by atoms with Crippen LogP contribution in [0.1, 0.15) is 45.2 Å². The molecular formula is C20H24N4O3. The van der Waals surface area contributed by atoms with Crippen molar-refractivity contribution in [1.82, 2.24) is 15.3 Å². The second-order valence-corrected chi connectivity index (χ2v) is 7.39. The first kappa shape index (κ1) is 18.7.